The molecule has 104 valence electrons. The van der Waals surface area contributed by atoms with Crippen molar-refractivity contribution in [2.75, 3.05) is 23.8 Å². The Morgan fingerprint density at radius 3 is 2.89 bits per heavy atom. The summed E-state index contributed by atoms with van der Waals surface area (Å²) in [5.41, 5.74) is 6.84. The Morgan fingerprint density at radius 2 is 2.21 bits per heavy atom. The predicted molar refractivity (Wildman–Crippen MR) is 79.8 cm³/mol. The molecule has 3 N–H and O–H groups in total. The average molecular weight is 280 g/mol. The van der Waals surface area contributed by atoms with Crippen LogP contribution in [0.5, 0.6) is 5.75 Å². The van der Waals surface area contributed by atoms with Crippen LogP contribution >= 0.6 is 11.8 Å². The van der Waals surface area contributed by atoms with Crippen molar-refractivity contribution in [1.82, 2.24) is 5.32 Å². The Morgan fingerprint density at radius 1 is 1.47 bits per heavy atom. The summed E-state index contributed by atoms with van der Waals surface area (Å²) in [5, 5.41) is 3.06. The molecule has 0 atom stereocenters. The molecular formula is C14H20N2O2S. The third-order valence-corrected chi connectivity index (χ3v) is 4.19. The van der Waals surface area contributed by atoms with E-state index < -0.39 is 0 Å². The van der Waals surface area contributed by atoms with E-state index in [4.69, 9.17) is 10.5 Å². The maximum absolute atomic E-state index is 12.4. The summed E-state index contributed by atoms with van der Waals surface area (Å²) in [6, 6.07) is 5.57. The van der Waals surface area contributed by atoms with Crippen LogP contribution in [0.2, 0.25) is 0 Å². The molecule has 0 aromatic heterocycles. The quantitative estimate of drug-likeness (QED) is 0.831. The molecule has 1 saturated heterocycles. The van der Waals surface area contributed by atoms with Crippen LogP contribution in [0, 0.1) is 0 Å². The number of carbonyl (C=O) groups is 1. The Hall–Kier alpha value is -1.36. The molecule has 1 fully saturated rings. The molecule has 0 radical (unpaired) electrons. The molecule has 1 aromatic rings. The van der Waals surface area contributed by atoms with Gasteiger partial charge in [-0.15, -0.1) is 0 Å². The number of ether oxygens (including phenoxy) is 1. The van der Waals surface area contributed by atoms with E-state index in [0.29, 0.717) is 23.6 Å². The number of benzene rings is 1. The molecule has 1 aliphatic heterocycles. The van der Waals surface area contributed by atoms with Crippen molar-refractivity contribution in [3.8, 4) is 5.75 Å². The van der Waals surface area contributed by atoms with E-state index in [0.717, 1.165) is 24.3 Å². The second kappa shape index (κ2) is 6.70. The summed E-state index contributed by atoms with van der Waals surface area (Å²) in [6.07, 6.45) is 2.04. The smallest absolute Gasteiger partial charge is 0.257 e. The van der Waals surface area contributed by atoms with Crippen molar-refractivity contribution in [2.45, 2.75) is 25.8 Å². The molecule has 2 rings (SSSR count). The number of thioether (sulfide) groups is 1. The highest BCUT2D eigenvalue weighted by Crippen LogP contribution is 2.25. The number of amides is 1. The van der Waals surface area contributed by atoms with E-state index in [2.05, 4.69) is 5.32 Å². The third kappa shape index (κ3) is 3.56. The zero-order chi connectivity index (χ0) is 13.7. The number of hydrogen-bond donors (Lipinski definition) is 2. The van der Waals surface area contributed by atoms with Gasteiger partial charge in [0, 0.05) is 11.7 Å². The van der Waals surface area contributed by atoms with Crippen LogP contribution in [0.15, 0.2) is 18.2 Å². The molecule has 0 aliphatic carbocycles. The van der Waals surface area contributed by atoms with Crippen LogP contribution in [-0.4, -0.2) is 30.1 Å². The summed E-state index contributed by atoms with van der Waals surface area (Å²) < 4.78 is 5.48. The van der Waals surface area contributed by atoms with Gasteiger partial charge >= 0.3 is 0 Å². The Kier molecular flexibility index (Phi) is 4.96. The van der Waals surface area contributed by atoms with Crippen molar-refractivity contribution in [3.63, 3.8) is 0 Å². The van der Waals surface area contributed by atoms with Crippen LogP contribution in [0.1, 0.15) is 30.1 Å². The highest BCUT2D eigenvalue weighted by molar-refractivity contribution is 7.99. The van der Waals surface area contributed by atoms with Gasteiger partial charge in [0.1, 0.15) is 11.3 Å². The van der Waals surface area contributed by atoms with Crippen LogP contribution in [0.3, 0.4) is 0 Å². The molecule has 0 unspecified atom stereocenters. The van der Waals surface area contributed by atoms with Crippen LogP contribution < -0.4 is 15.8 Å². The number of nitrogens with one attached hydrogen (secondary N) is 1. The Bertz CT molecular complexity index is 445. The van der Waals surface area contributed by atoms with Gasteiger partial charge in [0.05, 0.1) is 6.61 Å². The minimum absolute atomic E-state index is 0.126. The minimum atomic E-state index is -0.126. The first kappa shape index (κ1) is 14.1. The standard InChI is InChI=1S/C14H20N2O2S/c1-2-18-12-5-3-4-11(15)13(12)14(17)16-10-6-8-19-9-7-10/h3-5,10H,2,6-9,15H2,1H3,(H,16,17). The number of rotatable bonds is 4. The van der Waals surface area contributed by atoms with Crippen molar-refractivity contribution in [2.24, 2.45) is 0 Å². The SMILES string of the molecule is CCOc1cccc(N)c1C(=O)NC1CCSCC1. The van der Waals surface area contributed by atoms with E-state index in [1.54, 1.807) is 18.2 Å². The minimum Gasteiger partial charge on any atom is -0.493 e. The van der Waals surface area contributed by atoms with Gasteiger partial charge in [0.2, 0.25) is 0 Å². The molecule has 1 aliphatic rings. The van der Waals surface area contributed by atoms with E-state index in [1.165, 1.54) is 0 Å². The molecule has 19 heavy (non-hydrogen) atoms. The molecule has 0 spiro atoms. The van der Waals surface area contributed by atoms with Gasteiger partial charge in [0.25, 0.3) is 5.91 Å². The van der Waals surface area contributed by atoms with E-state index in [9.17, 15) is 4.79 Å². The zero-order valence-corrected chi connectivity index (χ0v) is 12.0. The van der Waals surface area contributed by atoms with Gasteiger partial charge in [-0.3, -0.25) is 4.79 Å². The number of anilines is 1. The normalized spacial score (nSPS) is 16.1. The van der Waals surface area contributed by atoms with E-state index >= 15 is 0 Å². The second-order valence-electron chi connectivity index (χ2n) is 4.51. The van der Waals surface area contributed by atoms with Gasteiger partial charge in [-0.05, 0) is 43.4 Å². The number of carbonyl (C=O) groups excluding carboxylic acids is 1. The topological polar surface area (TPSA) is 64.3 Å². The lowest BCUT2D eigenvalue weighted by atomic mass is 10.1. The first-order chi connectivity index (χ1) is 9.22. The van der Waals surface area contributed by atoms with Gasteiger partial charge in [-0.25, -0.2) is 0 Å². The van der Waals surface area contributed by atoms with Crippen LogP contribution in [0.4, 0.5) is 5.69 Å². The first-order valence-electron chi connectivity index (χ1n) is 6.62. The van der Waals surface area contributed by atoms with Crippen molar-refractivity contribution in [1.29, 1.82) is 0 Å². The van der Waals surface area contributed by atoms with Gasteiger partial charge in [-0.2, -0.15) is 11.8 Å². The van der Waals surface area contributed by atoms with Gasteiger partial charge < -0.3 is 15.8 Å². The monoisotopic (exact) mass is 280 g/mol. The highest BCUT2D eigenvalue weighted by atomic mass is 32.2. The summed E-state index contributed by atoms with van der Waals surface area (Å²) in [5.74, 6) is 2.64. The molecular weight excluding hydrogens is 260 g/mol. The summed E-state index contributed by atoms with van der Waals surface area (Å²) in [7, 11) is 0. The molecule has 0 bridgehead atoms. The summed E-state index contributed by atoms with van der Waals surface area (Å²) in [6.45, 7) is 2.41. The number of nitrogens with two attached hydrogens (primary N) is 1. The predicted octanol–water partition coefficient (Wildman–Crippen LogP) is 2.29. The van der Waals surface area contributed by atoms with Crippen molar-refractivity contribution < 1.29 is 9.53 Å². The second-order valence-corrected chi connectivity index (χ2v) is 5.74. The molecule has 1 heterocycles. The average Bonchev–Trinajstić information content (AvgIpc) is 2.40. The lowest BCUT2D eigenvalue weighted by Gasteiger charge is -2.23. The lowest BCUT2D eigenvalue weighted by molar-refractivity contribution is 0.0932. The molecule has 1 aromatic carbocycles. The number of nitrogen functional groups attached to an aromatic ring is 1. The highest BCUT2D eigenvalue weighted by Gasteiger charge is 2.21. The third-order valence-electron chi connectivity index (χ3n) is 3.14. The Balaban J connectivity index is 2.13. The maximum atomic E-state index is 12.4. The number of hydrogen-bond acceptors (Lipinski definition) is 4. The lowest BCUT2D eigenvalue weighted by Crippen LogP contribution is -2.37. The van der Waals surface area contributed by atoms with E-state index in [-0.39, 0.29) is 11.9 Å². The van der Waals surface area contributed by atoms with Crippen molar-refractivity contribution in [3.05, 3.63) is 23.8 Å². The van der Waals surface area contributed by atoms with Crippen LogP contribution in [-0.2, 0) is 0 Å². The van der Waals surface area contributed by atoms with E-state index in [1.807, 2.05) is 18.7 Å². The van der Waals surface area contributed by atoms with Crippen molar-refractivity contribution >= 4 is 23.4 Å². The fourth-order valence-electron chi connectivity index (χ4n) is 2.17. The Labute approximate surface area is 118 Å². The molecule has 0 saturated carbocycles. The van der Waals surface area contributed by atoms with Gasteiger partial charge in [0.15, 0.2) is 0 Å². The summed E-state index contributed by atoms with van der Waals surface area (Å²) >= 11 is 1.94. The fourth-order valence-corrected chi connectivity index (χ4v) is 3.27. The summed E-state index contributed by atoms with van der Waals surface area (Å²) in [4.78, 5) is 12.4. The molecule has 5 heteroatoms. The largest absolute Gasteiger partial charge is 0.493 e. The molecule has 4 nitrogen and oxygen atoms in total. The molecule has 1 amide bonds. The van der Waals surface area contributed by atoms with Crippen LogP contribution in [0.25, 0.3) is 0 Å². The maximum Gasteiger partial charge on any atom is 0.257 e. The zero-order valence-electron chi connectivity index (χ0n) is 11.1. The fraction of sp³-hybridized carbons (Fsp3) is 0.500. The van der Waals surface area contributed by atoms with Gasteiger partial charge in [-0.1, -0.05) is 6.07 Å². The first-order valence-corrected chi connectivity index (χ1v) is 7.77.